The van der Waals surface area contributed by atoms with Gasteiger partial charge in [0.1, 0.15) is 5.02 Å². The molecule has 0 fully saturated rings. The summed E-state index contributed by atoms with van der Waals surface area (Å²) in [5, 5.41) is 4.23. The smallest absolute Gasteiger partial charge is 0.287 e. The van der Waals surface area contributed by atoms with Gasteiger partial charge in [-0.2, -0.15) is 16.9 Å². The first-order valence-corrected chi connectivity index (χ1v) is 7.19. The van der Waals surface area contributed by atoms with Gasteiger partial charge in [0.2, 0.25) is 0 Å². The van der Waals surface area contributed by atoms with Gasteiger partial charge in [0.25, 0.3) is 5.56 Å². The molecule has 0 spiro atoms. The zero-order chi connectivity index (χ0) is 13.0. The highest BCUT2D eigenvalue weighted by atomic mass is 35.5. The van der Waals surface area contributed by atoms with Crippen molar-refractivity contribution in [1.82, 2.24) is 9.78 Å². The fraction of sp³-hybridized carbons (Fsp3) is 0.636. The number of anilines is 1. The van der Waals surface area contributed by atoms with Crippen molar-refractivity contribution in [2.24, 2.45) is 7.05 Å². The third-order valence-corrected chi connectivity index (χ3v) is 3.84. The van der Waals surface area contributed by atoms with E-state index in [0.717, 1.165) is 12.2 Å². The Morgan fingerprint density at radius 2 is 2.29 bits per heavy atom. The van der Waals surface area contributed by atoms with Gasteiger partial charge in [-0.1, -0.05) is 11.6 Å². The second kappa shape index (κ2) is 6.31. The van der Waals surface area contributed by atoms with E-state index in [0.29, 0.717) is 11.7 Å². The fourth-order valence-electron chi connectivity index (χ4n) is 1.47. The van der Waals surface area contributed by atoms with Gasteiger partial charge >= 0.3 is 0 Å². The Balaban J connectivity index is 2.93. The minimum Gasteiger partial charge on any atom is -0.369 e. The van der Waals surface area contributed by atoms with E-state index in [4.69, 9.17) is 11.6 Å². The SMILES string of the molecule is CSCC[C@H](C)N(C)c1cnn(C)c(=O)c1Cl. The molecule has 96 valence electrons. The highest BCUT2D eigenvalue weighted by Crippen LogP contribution is 2.22. The summed E-state index contributed by atoms with van der Waals surface area (Å²) in [6.45, 7) is 2.12. The zero-order valence-electron chi connectivity index (χ0n) is 10.6. The van der Waals surface area contributed by atoms with Crippen molar-refractivity contribution in [3.8, 4) is 0 Å². The molecule has 1 heterocycles. The van der Waals surface area contributed by atoms with Gasteiger partial charge in [0.05, 0.1) is 11.9 Å². The van der Waals surface area contributed by atoms with E-state index in [1.165, 1.54) is 4.68 Å². The summed E-state index contributed by atoms with van der Waals surface area (Å²) in [7, 11) is 3.53. The number of thioether (sulfide) groups is 1. The number of hydrogen-bond donors (Lipinski definition) is 0. The van der Waals surface area contributed by atoms with Crippen LogP contribution < -0.4 is 10.5 Å². The standard InChI is InChI=1S/C11H18ClN3OS/c1-8(5-6-17-4)14(2)9-7-13-15(3)11(16)10(9)12/h7-8H,5-6H2,1-4H3/t8-/m0/s1. The Kier molecular flexibility index (Phi) is 5.33. The third kappa shape index (κ3) is 3.39. The van der Waals surface area contributed by atoms with Crippen molar-refractivity contribution in [2.45, 2.75) is 19.4 Å². The molecular formula is C11H18ClN3OS. The van der Waals surface area contributed by atoms with Crippen LogP contribution in [0.15, 0.2) is 11.0 Å². The van der Waals surface area contributed by atoms with Crippen LogP contribution in [0.5, 0.6) is 0 Å². The van der Waals surface area contributed by atoms with Crippen LogP contribution in [0.2, 0.25) is 5.02 Å². The van der Waals surface area contributed by atoms with Crippen molar-refractivity contribution in [1.29, 1.82) is 0 Å². The van der Waals surface area contributed by atoms with E-state index in [9.17, 15) is 4.79 Å². The lowest BCUT2D eigenvalue weighted by atomic mass is 10.2. The van der Waals surface area contributed by atoms with Crippen molar-refractivity contribution >= 4 is 29.1 Å². The topological polar surface area (TPSA) is 38.1 Å². The number of aromatic nitrogens is 2. The summed E-state index contributed by atoms with van der Waals surface area (Å²) < 4.78 is 1.24. The lowest BCUT2D eigenvalue weighted by molar-refractivity contribution is 0.655. The molecule has 0 bridgehead atoms. The van der Waals surface area contributed by atoms with Crippen LogP contribution in [-0.2, 0) is 7.05 Å². The second-order valence-corrected chi connectivity index (χ2v) is 5.38. The van der Waals surface area contributed by atoms with Crippen molar-refractivity contribution in [3.05, 3.63) is 21.6 Å². The maximum Gasteiger partial charge on any atom is 0.287 e. The van der Waals surface area contributed by atoms with Gasteiger partial charge in [0, 0.05) is 20.1 Å². The van der Waals surface area contributed by atoms with Gasteiger partial charge in [-0.05, 0) is 25.4 Å². The third-order valence-electron chi connectivity index (χ3n) is 2.84. The van der Waals surface area contributed by atoms with Gasteiger partial charge in [-0.15, -0.1) is 0 Å². The Labute approximate surface area is 111 Å². The Hall–Kier alpha value is -0.680. The highest BCUT2D eigenvalue weighted by Gasteiger charge is 2.15. The Morgan fingerprint density at radius 3 is 2.88 bits per heavy atom. The largest absolute Gasteiger partial charge is 0.369 e. The molecule has 4 nitrogen and oxygen atoms in total. The molecule has 1 rings (SSSR count). The molecule has 0 amide bonds. The number of aryl methyl sites for hydroxylation is 1. The molecule has 0 aliphatic rings. The normalized spacial score (nSPS) is 12.5. The molecule has 6 heteroatoms. The molecule has 17 heavy (non-hydrogen) atoms. The predicted octanol–water partition coefficient (Wildman–Crippen LogP) is 2.01. The summed E-state index contributed by atoms with van der Waals surface area (Å²) in [6.07, 6.45) is 4.77. The van der Waals surface area contributed by atoms with Gasteiger partial charge in [0.15, 0.2) is 0 Å². The number of halogens is 1. The zero-order valence-corrected chi connectivity index (χ0v) is 12.2. The fourth-order valence-corrected chi connectivity index (χ4v) is 2.35. The molecule has 1 atom stereocenters. The van der Waals surface area contributed by atoms with E-state index in [1.807, 2.05) is 23.7 Å². The number of hydrogen-bond acceptors (Lipinski definition) is 4. The molecule has 0 saturated heterocycles. The Bertz CT molecular complexity index is 435. The van der Waals surface area contributed by atoms with Gasteiger partial charge in [-0.3, -0.25) is 4.79 Å². The van der Waals surface area contributed by atoms with E-state index in [2.05, 4.69) is 18.3 Å². The van der Waals surface area contributed by atoms with E-state index in [-0.39, 0.29) is 10.6 Å². The minimum absolute atomic E-state index is 0.237. The molecule has 0 aliphatic heterocycles. The maximum atomic E-state index is 11.7. The molecule has 0 saturated carbocycles. The molecule has 0 aliphatic carbocycles. The van der Waals surface area contributed by atoms with E-state index >= 15 is 0 Å². The number of nitrogens with zero attached hydrogens (tertiary/aromatic N) is 3. The van der Waals surface area contributed by atoms with Gasteiger partial charge < -0.3 is 4.90 Å². The lowest BCUT2D eigenvalue weighted by Gasteiger charge is -2.27. The molecular weight excluding hydrogens is 258 g/mol. The van der Waals surface area contributed by atoms with Crippen LogP contribution in [0.1, 0.15) is 13.3 Å². The molecule has 1 aromatic rings. The van der Waals surface area contributed by atoms with Crippen molar-refractivity contribution in [2.75, 3.05) is 24.0 Å². The van der Waals surface area contributed by atoms with Crippen molar-refractivity contribution in [3.63, 3.8) is 0 Å². The average molecular weight is 276 g/mol. The monoisotopic (exact) mass is 275 g/mol. The van der Waals surface area contributed by atoms with Crippen LogP contribution in [-0.4, -0.2) is 34.9 Å². The second-order valence-electron chi connectivity index (χ2n) is 4.01. The number of rotatable bonds is 5. The Morgan fingerprint density at radius 1 is 1.65 bits per heavy atom. The summed E-state index contributed by atoms with van der Waals surface area (Å²) in [5.74, 6) is 1.08. The first-order valence-electron chi connectivity index (χ1n) is 5.42. The van der Waals surface area contributed by atoms with Crippen LogP contribution in [0.25, 0.3) is 0 Å². The molecule has 0 radical (unpaired) electrons. The van der Waals surface area contributed by atoms with Crippen LogP contribution in [0.3, 0.4) is 0 Å². The average Bonchev–Trinajstić information content (AvgIpc) is 2.32. The molecule has 0 unspecified atom stereocenters. The van der Waals surface area contributed by atoms with E-state index in [1.54, 1.807) is 13.2 Å². The molecule has 0 aromatic carbocycles. The quantitative estimate of drug-likeness (QED) is 0.824. The van der Waals surface area contributed by atoms with Crippen LogP contribution >= 0.6 is 23.4 Å². The summed E-state index contributed by atoms with van der Waals surface area (Å²) in [6, 6.07) is 0.328. The summed E-state index contributed by atoms with van der Waals surface area (Å²) >= 11 is 7.86. The molecule has 0 N–H and O–H groups in total. The van der Waals surface area contributed by atoms with Gasteiger partial charge in [-0.25, -0.2) is 4.68 Å². The predicted molar refractivity (Wildman–Crippen MR) is 75.4 cm³/mol. The summed E-state index contributed by atoms with van der Waals surface area (Å²) in [5.41, 5.74) is 0.441. The first-order chi connectivity index (χ1) is 7.99. The maximum absolute atomic E-state index is 11.7. The van der Waals surface area contributed by atoms with Crippen molar-refractivity contribution < 1.29 is 0 Å². The first kappa shape index (κ1) is 14.4. The van der Waals surface area contributed by atoms with E-state index < -0.39 is 0 Å². The minimum atomic E-state index is -0.256. The molecule has 1 aromatic heterocycles. The summed E-state index contributed by atoms with van der Waals surface area (Å²) in [4.78, 5) is 13.7. The van der Waals surface area contributed by atoms with Crippen LogP contribution in [0, 0.1) is 0 Å². The highest BCUT2D eigenvalue weighted by molar-refractivity contribution is 7.98. The lowest BCUT2D eigenvalue weighted by Crippen LogP contribution is -2.32. The van der Waals surface area contributed by atoms with Crippen LogP contribution in [0.4, 0.5) is 5.69 Å².